The molecule has 152 valence electrons. The summed E-state index contributed by atoms with van der Waals surface area (Å²) in [6.07, 6.45) is 4.34. The van der Waals surface area contributed by atoms with E-state index in [1.54, 1.807) is 19.3 Å². The lowest BCUT2D eigenvalue weighted by molar-refractivity contribution is 0.508. The first-order valence-corrected chi connectivity index (χ1v) is 11.0. The summed E-state index contributed by atoms with van der Waals surface area (Å²) >= 11 is 6.13. The number of hydrogen-bond acceptors (Lipinski definition) is 7. The zero-order chi connectivity index (χ0) is 20.8. The quantitative estimate of drug-likeness (QED) is 0.602. The predicted octanol–water partition coefficient (Wildman–Crippen LogP) is 3.88. The molecule has 2 heterocycles. The van der Waals surface area contributed by atoms with Crippen LogP contribution < -0.4 is 10.0 Å². The van der Waals surface area contributed by atoms with E-state index >= 15 is 4.39 Å². The number of aromatic nitrogens is 3. The lowest BCUT2D eigenvalue weighted by Gasteiger charge is -2.10. The molecule has 1 aromatic carbocycles. The molecule has 0 amide bonds. The molecular formula is C18H17ClFN5O3S. The van der Waals surface area contributed by atoms with Gasteiger partial charge in [0.2, 0.25) is 16.0 Å². The van der Waals surface area contributed by atoms with Crippen molar-refractivity contribution in [3.05, 3.63) is 41.1 Å². The zero-order valence-corrected chi connectivity index (χ0v) is 17.1. The first-order chi connectivity index (χ1) is 13.7. The summed E-state index contributed by atoms with van der Waals surface area (Å²) < 4.78 is 46.5. The smallest absolute Gasteiger partial charge is 0.229 e. The number of rotatable bonds is 6. The van der Waals surface area contributed by atoms with Crippen LogP contribution >= 0.6 is 11.6 Å². The van der Waals surface area contributed by atoms with Crippen LogP contribution in [0.15, 0.2) is 28.8 Å². The summed E-state index contributed by atoms with van der Waals surface area (Å²) in [4.78, 5) is 12.9. The average Bonchev–Trinajstić information content (AvgIpc) is 3.42. The molecule has 1 aliphatic rings. The maximum atomic E-state index is 15.2. The van der Waals surface area contributed by atoms with Crippen LogP contribution in [0.2, 0.25) is 5.02 Å². The maximum Gasteiger partial charge on any atom is 0.229 e. The molecule has 3 aromatic rings. The number of sulfonamides is 1. The third kappa shape index (κ3) is 4.18. The molecule has 29 heavy (non-hydrogen) atoms. The van der Waals surface area contributed by atoms with Gasteiger partial charge in [0.15, 0.2) is 17.5 Å². The summed E-state index contributed by atoms with van der Waals surface area (Å²) in [6, 6.07) is 4.20. The van der Waals surface area contributed by atoms with E-state index in [2.05, 4.69) is 25.0 Å². The molecule has 0 bridgehead atoms. The summed E-state index contributed by atoms with van der Waals surface area (Å²) in [5.74, 6) is 0.473. The Morgan fingerprint density at radius 1 is 1.28 bits per heavy atom. The normalized spacial score (nSPS) is 14.1. The molecule has 0 aliphatic heterocycles. The van der Waals surface area contributed by atoms with Crippen molar-refractivity contribution in [1.82, 2.24) is 15.0 Å². The zero-order valence-electron chi connectivity index (χ0n) is 15.5. The van der Waals surface area contributed by atoms with Gasteiger partial charge in [0.1, 0.15) is 11.4 Å². The van der Waals surface area contributed by atoms with E-state index in [0.717, 1.165) is 19.1 Å². The lowest BCUT2D eigenvalue weighted by atomic mass is 10.1. The Labute approximate surface area is 171 Å². The molecule has 0 spiro atoms. The van der Waals surface area contributed by atoms with Gasteiger partial charge in [0, 0.05) is 29.7 Å². The van der Waals surface area contributed by atoms with Crippen molar-refractivity contribution in [2.24, 2.45) is 0 Å². The van der Waals surface area contributed by atoms with Crippen LogP contribution in [0.1, 0.15) is 24.7 Å². The Bertz CT molecular complexity index is 1190. The first-order valence-electron chi connectivity index (χ1n) is 8.74. The highest BCUT2D eigenvalue weighted by molar-refractivity contribution is 7.92. The van der Waals surface area contributed by atoms with Gasteiger partial charge in [-0.2, -0.15) is 0 Å². The first kappa shape index (κ1) is 19.6. The van der Waals surface area contributed by atoms with E-state index in [-0.39, 0.29) is 33.6 Å². The molecule has 1 saturated carbocycles. The van der Waals surface area contributed by atoms with E-state index in [1.807, 2.05) is 0 Å². The maximum absolute atomic E-state index is 15.2. The van der Waals surface area contributed by atoms with Crippen molar-refractivity contribution in [2.45, 2.75) is 18.8 Å². The van der Waals surface area contributed by atoms with Gasteiger partial charge in [-0.1, -0.05) is 11.6 Å². The summed E-state index contributed by atoms with van der Waals surface area (Å²) in [6.45, 7) is 0. The number of halogens is 2. The number of nitrogens with zero attached hydrogens (tertiary/aromatic N) is 3. The molecule has 2 N–H and O–H groups in total. The van der Waals surface area contributed by atoms with Crippen LogP contribution in [0.5, 0.6) is 0 Å². The SMILES string of the molecule is CNc1nccc(-c2oc(C3CC3)nc2-c2cc(Cl)cc(NS(C)(=O)=O)c2F)n1. The third-order valence-corrected chi connectivity index (χ3v) is 5.08. The Hall–Kier alpha value is -2.72. The molecule has 0 unspecified atom stereocenters. The monoisotopic (exact) mass is 437 g/mol. The Balaban J connectivity index is 1.91. The second kappa shape index (κ2) is 7.27. The molecule has 11 heteroatoms. The molecule has 2 aromatic heterocycles. The van der Waals surface area contributed by atoms with Crippen molar-refractivity contribution in [3.63, 3.8) is 0 Å². The minimum absolute atomic E-state index is 0.0129. The minimum Gasteiger partial charge on any atom is -0.438 e. The molecule has 1 aliphatic carbocycles. The summed E-state index contributed by atoms with van der Waals surface area (Å²) in [5.41, 5.74) is 0.356. The lowest BCUT2D eigenvalue weighted by Crippen LogP contribution is -2.11. The van der Waals surface area contributed by atoms with Gasteiger partial charge < -0.3 is 9.73 Å². The van der Waals surface area contributed by atoms with Crippen LogP contribution in [0.4, 0.5) is 16.0 Å². The van der Waals surface area contributed by atoms with E-state index in [4.69, 9.17) is 16.0 Å². The fourth-order valence-electron chi connectivity index (χ4n) is 2.84. The highest BCUT2D eigenvalue weighted by Crippen LogP contribution is 2.44. The van der Waals surface area contributed by atoms with E-state index in [0.29, 0.717) is 17.5 Å². The largest absolute Gasteiger partial charge is 0.438 e. The average molecular weight is 438 g/mol. The molecule has 0 saturated heterocycles. The van der Waals surface area contributed by atoms with Crippen molar-refractivity contribution < 1.29 is 17.2 Å². The van der Waals surface area contributed by atoms with Gasteiger partial charge >= 0.3 is 0 Å². The van der Waals surface area contributed by atoms with E-state index in [9.17, 15) is 8.42 Å². The van der Waals surface area contributed by atoms with Gasteiger partial charge in [0.05, 0.1) is 11.9 Å². The number of hydrogen-bond donors (Lipinski definition) is 2. The second-order valence-electron chi connectivity index (χ2n) is 6.71. The van der Waals surface area contributed by atoms with Crippen molar-refractivity contribution in [3.8, 4) is 22.7 Å². The van der Waals surface area contributed by atoms with E-state index < -0.39 is 15.8 Å². The van der Waals surface area contributed by atoms with E-state index in [1.165, 1.54) is 12.1 Å². The van der Waals surface area contributed by atoms with Crippen LogP contribution in [-0.4, -0.2) is 36.7 Å². The van der Waals surface area contributed by atoms with Crippen LogP contribution in [-0.2, 0) is 10.0 Å². The molecule has 8 nitrogen and oxygen atoms in total. The Kier molecular flexibility index (Phi) is 4.91. The Morgan fingerprint density at radius 2 is 2.03 bits per heavy atom. The molecule has 0 radical (unpaired) electrons. The number of benzene rings is 1. The fraction of sp³-hybridized carbons (Fsp3) is 0.278. The van der Waals surface area contributed by atoms with Gasteiger partial charge in [-0.25, -0.2) is 27.8 Å². The number of nitrogens with one attached hydrogen (secondary N) is 2. The van der Waals surface area contributed by atoms with Gasteiger partial charge in [-0.3, -0.25) is 4.72 Å². The van der Waals surface area contributed by atoms with Crippen LogP contribution in [0.25, 0.3) is 22.7 Å². The van der Waals surface area contributed by atoms with Gasteiger partial charge in [-0.15, -0.1) is 0 Å². The summed E-state index contributed by atoms with van der Waals surface area (Å²) in [5, 5.41) is 2.98. The van der Waals surface area contributed by atoms with Crippen LogP contribution in [0.3, 0.4) is 0 Å². The number of anilines is 2. The molecular weight excluding hydrogens is 421 g/mol. The summed E-state index contributed by atoms with van der Waals surface area (Å²) in [7, 11) is -2.03. The highest BCUT2D eigenvalue weighted by atomic mass is 35.5. The van der Waals surface area contributed by atoms with Crippen molar-refractivity contribution in [1.29, 1.82) is 0 Å². The fourth-order valence-corrected chi connectivity index (χ4v) is 3.61. The third-order valence-electron chi connectivity index (χ3n) is 4.27. The van der Waals surface area contributed by atoms with Crippen LogP contribution in [0, 0.1) is 5.82 Å². The molecule has 4 rings (SSSR count). The second-order valence-corrected chi connectivity index (χ2v) is 8.89. The standard InChI is InChI=1S/C18H17ClFN5O3S/c1-21-18-22-6-5-12(23-18)16-15(24-17(28-16)9-3-4-9)11-7-10(19)8-13(14(11)20)25-29(2,26)27/h5-9,25H,3-4H2,1-2H3,(H,21,22,23). The van der Waals surface area contributed by atoms with Gasteiger partial charge in [0.25, 0.3) is 0 Å². The van der Waals surface area contributed by atoms with Crippen molar-refractivity contribution >= 4 is 33.3 Å². The topological polar surface area (TPSA) is 110 Å². The molecule has 1 fully saturated rings. The van der Waals surface area contributed by atoms with Crippen molar-refractivity contribution in [2.75, 3.05) is 23.3 Å². The minimum atomic E-state index is -3.71. The predicted molar refractivity (Wildman–Crippen MR) is 108 cm³/mol. The Morgan fingerprint density at radius 3 is 2.69 bits per heavy atom. The number of oxazole rings is 1. The highest BCUT2D eigenvalue weighted by Gasteiger charge is 2.32. The molecule has 0 atom stereocenters. The van der Waals surface area contributed by atoms with Gasteiger partial charge in [-0.05, 0) is 31.0 Å².